The molecule has 2 aromatic rings. The third-order valence-corrected chi connectivity index (χ3v) is 4.44. The van der Waals surface area contributed by atoms with E-state index in [9.17, 15) is 4.79 Å². The van der Waals surface area contributed by atoms with Crippen molar-refractivity contribution in [2.24, 2.45) is 0 Å². The van der Waals surface area contributed by atoms with Gasteiger partial charge < -0.3 is 15.2 Å². The lowest BCUT2D eigenvalue weighted by Crippen LogP contribution is -2.31. The molecule has 1 aliphatic rings. The maximum Gasteiger partial charge on any atom is 0.229 e. The summed E-state index contributed by atoms with van der Waals surface area (Å²) in [7, 11) is 0. The van der Waals surface area contributed by atoms with Crippen molar-refractivity contribution in [2.45, 2.75) is 38.6 Å². The molecule has 0 aromatic carbocycles. The molecule has 23 heavy (non-hydrogen) atoms. The van der Waals surface area contributed by atoms with Crippen molar-refractivity contribution in [3.63, 3.8) is 0 Å². The van der Waals surface area contributed by atoms with Crippen LogP contribution in [-0.2, 0) is 11.2 Å². The highest BCUT2D eigenvalue weighted by Gasteiger charge is 2.31. The second-order valence-electron chi connectivity index (χ2n) is 5.65. The van der Waals surface area contributed by atoms with Gasteiger partial charge in [0.1, 0.15) is 5.82 Å². The van der Waals surface area contributed by atoms with E-state index in [4.69, 9.17) is 21.9 Å². The molecule has 3 heterocycles. The van der Waals surface area contributed by atoms with Crippen LogP contribution in [0.15, 0.2) is 16.7 Å². The van der Waals surface area contributed by atoms with E-state index in [0.29, 0.717) is 18.7 Å². The molecule has 0 bridgehead atoms. The minimum Gasteiger partial charge on any atom is -0.382 e. The summed E-state index contributed by atoms with van der Waals surface area (Å²) in [6.45, 7) is 2.55. The van der Waals surface area contributed by atoms with E-state index >= 15 is 0 Å². The number of aromatic nitrogens is 3. The van der Waals surface area contributed by atoms with Crippen molar-refractivity contribution in [2.75, 3.05) is 12.3 Å². The Morgan fingerprint density at radius 2 is 2.30 bits per heavy atom. The first-order chi connectivity index (χ1) is 11.1. The number of hydrogen-bond acceptors (Lipinski definition) is 6. The van der Waals surface area contributed by atoms with E-state index in [0.717, 1.165) is 36.3 Å². The summed E-state index contributed by atoms with van der Waals surface area (Å²) < 4.78 is 4.92. The zero-order valence-corrected chi connectivity index (χ0v) is 13.6. The van der Waals surface area contributed by atoms with Gasteiger partial charge in [0.25, 0.3) is 0 Å². The van der Waals surface area contributed by atoms with Crippen LogP contribution in [0.5, 0.6) is 0 Å². The Kier molecular flexibility index (Phi) is 4.47. The Balaban J connectivity index is 1.67. The molecule has 2 N–H and O–H groups in total. The molecule has 0 radical (unpaired) electrons. The molecule has 0 saturated carbocycles. The number of nitrogens with zero attached hydrogens (tertiary/aromatic N) is 4. The van der Waals surface area contributed by atoms with Gasteiger partial charge in [0.2, 0.25) is 11.1 Å². The molecule has 1 unspecified atom stereocenters. The van der Waals surface area contributed by atoms with Crippen LogP contribution < -0.4 is 5.73 Å². The number of rotatable bonds is 4. The summed E-state index contributed by atoms with van der Waals surface area (Å²) in [5, 5.41) is 12.1. The zero-order valence-electron chi connectivity index (χ0n) is 12.8. The normalized spacial score (nSPS) is 17.7. The Morgan fingerprint density at radius 3 is 2.96 bits per heavy atom. The molecule has 8 heteroatoms. The largest absolute Gasteiger partial charge is 0.382 e. The highest BCUT2D eigenvalue weighted by molar-refractivity contribution is 6.29. The van der Waals surface area contributed by atoms with Gasteiger partial charge >= 0.3 is 0 Å². The maximum absolute atomic E-state index is 12.6. The molecule has 2 aromatic heterocycles. The average molecular weight is 336 g/mol. The first-order valence-corrected chi connectivity index (χ1v) is 7.93. The smallest absolute Gasteiger partial charge is 0.229 e. The van der Waals surface area contributed by atoms with Crippen LogP contribution in [0, 0.1) is 6.92 Å². The first kappa shape index (κ1) is 15.7. The molecule has 122 valence electrons. The number of carbonyl (C=O) groups excluding carboxylic acids is 1. The molecule has 1 atom stereocenters. The fourth-order valence-electron chi connectivity index (χ4n) is 2.92. The molecule has 0 spiro atoms. The number of carbonyl (C=O) groups is 1. The summed E-state index contributed by atoms with van der Waals surface area (Å²) in [4.78, 5) is 14.4. The van der Waals surface area contributed by atoms with Crippen molar-refractivity contribution in [3.8, 4) is 0 Å². The number of anilines is 1. The summed E-state index contributed by atoms with van der Waals surface area (Å²) in [6, 6.07) is 3.51. The van der Waals surface area contributed by atoms with Gasteiger partial charge in [0, 0.05) is 18.5 Å². The van der Waals surface area contributed by atoms with E-state index in [1.54, 1.807) is 6.07 Å². The Labute approximate surface area is 138 Å². The second-order valence-corrected chi connectivity index (χ2v) is 5.99. The lowest BCUT2D eigenvalue weighted by molar-refractivity contribution is -0.132. The van der Waals surface area contributed by atoms with Gasteiger partial charge in [-0.1, -0.05) is 5.16 Å². The van der Waals surface area contributed by atoms with Gasteiger partial charge in [-0.15, -0.1) is 5.10 Å². The van der Waals surface area contributed by atoms with Gasteiger partial charge in [-0.3, -0.25) is 4.79 Å². The number of nitrogen functional groups attached to an aromatic ring is 1. The number of likely N-dealkylation sites (tertiary alicyclic amines) is 1. The molecule has 1 aliphatic heterocycles. The monoisotopic (exact) mass is 335 g/mol. The van der Waals surface area contributed by atoms with Crippen molar-refractivity contribution in [1.82, 2.24) is 20.3 Å². The van der Waals surface area contributed by atoms with E-state index in [2.05, 4.69) is 15.4 Å². The van der Waals surface area contributed by atoms with Gasteiger partial charge in [0.15, 0.2) is 0 Å². The Bertz CT molecular complexity index is 681. The van der Waals surface area contributed by atoms with Gasteiger partial charge in [0.05, 0.1) is 17.4 Å². The lowest BCUT2D eigenvalue weighted by Gasteiger charge is -2.24. The summed E-state index contributed by atoms with van der Waals surface area (Å²) in [5.74, 6) is 0.449. The van der Waals surface area contributed by atoms with E-state index in [1.165, 1.54) is 0 Å². The fourth-order valence-corrected chi connectivity index (χ4v) is 3.18. The van der Waals surface area contributed by atoms with Gasteiger partial charge in [-0.25, -0.2) is 0 Å². The topological polar surface area (TPSA) is 98.1 Å². The molecular formula is C15H18ClN5O2. The highest BCUT2D eigenvalue weighted by atomic mass is 35.5. The van der Waals surface area contributed by atoms with Crippen LogP contribution in [-0.4, -0.2) is 32.7 Å². The molecule has 1 fully saturated rings. The van der Waals surface area contributed by atoms with E-state index in [-0.39, 0.29) is 17.2 Å². The predicted molar refractivity (Wildman–Crippen MR) is 84.7 cm³/mol. The number of hydrogen-bond donors (Lipinski definition) is 1. The van der Waals surface area contributed by atoms with E-state index < -0.39 is 0 Å². The minimum absolute atomic E-state index is 0.0327. The SMILES string of the molecule is Cc1noc(Cl)c1CCC(=O)N1CCCC1c1ccc(N)nn1. The minimum atomic E-state index is -0.0327. The fraction of sp³-hybridized carbons (Fsp3) is 0.467. The first-order valence-electron chi connectivity index (χ1n) is 7.55. The molecule has 7 nitrogen and oxygen atoms in total. The molecule has 0 aliphatic carbocycles. The van der Waals surface area contributed by atoms with Gasteiger partial charge in [-0.05, 0) is 49.9 Å². The predicted octanol–water partition coefficient (Wildman–Crippen LogP) is 2.30. The van der Waals surface area contributed by atoms with Crippen molar-refractivity contribution in [3.05, 3.63) is 34.3 Å². The Hall–Kier alpha value is -2.15. The number of amides is 1. The number of halogens is 1. The summed E-state index contributed by atoms with van der Waals surface area (Å²) in [6.07, 6.45) is 2.72. The summed E-state index contributed by atoms with van der Waals surface area (Å²) >= 11 is 5.94. The van der Waals surface area contributed by atoms with Gasteiger partial charge in [-0.2, -0.15) is 5.10 Å². The maximum atomic E-state index is 12.6. The summed E-state index contributed by atoms with van der Waals surface area (Å²) in [5.41, 5.74) is 7.87. The standard InChI is InChI=1S/C15H18ClN5O2/c1-9-10(15(16)23-20-9)4-7-14(22)21-8-2-3-12(21)11-5-6-13(17)19-18-11/h5-6,12H,2-4,7-8H2,1H3,(H2,17,19). The van der Waals surface area contributed by atoms with Crippen molar-refractivity contribution >= 4 is 23.3 Å². The second kappa shape index (κ2) is 6.54. The molecule has 1 amide bonds. The van der Waals surface area contributed by atoms with E-state index in [1.807, 2.05) is 17.9 Å². The average Bonchev–Trinajstić information content (AvgIpc) is 3.14. The van der Waals surface area contributed by atoms with Crippen LogP contribution in [0.25, 0.3) is 0 Å². The third-order valence-electron chi connectivity index (χ3n) is 4.15. The van der Waals surface area contributed by atoms with Crippen LogP contribution in [0.3, 0.4) is 0 Å². The lowest BCUT2D eigenvalue weighted by atomic mass is 10.1. The van der Waals surface area contributed by atoms with Crippen LogP contribution >= 0.6 is 11.6 Å². The van der Waals surface area contributed by atoms with Crippen LogP contribution in [0.4, 0.5) is 5.82 Å². The molecule has 1 saturated heterocycles. The van der Waals surface area contributed by atoms with Crippen molar-refractivity contribution < 1.29 is 9.32 Å². The third kappa shape index (κ3) is 3.29. The van der Waals surface area contributed by atoms with Crippen LogP contribution in [0.1, 0.15) is 42.3 Å². The number of nitrogens with two attached hydrogens (primary N) is 1. The highest BCUT2D eigenvalue weighted by Crippen LogP contribution is 2.31. The van der Waals surface area contributed by atoms with Crippen LogP contribution in [0.2, 0.25) is 5.22 Å². The molecular weight excluding hydrogens is 318 g/mol. The quantitative estimate of drug-likeness (QED) is 0.920. The Morgan fingerprint density at radius 1 is 1.48 bits per heavy atom. The number of aryl methyl sites for hydroxylation is 1. The van der Waals surface area contributed by atoms with Crippen molar-refractivity contribution in [1.29, 1.82) is 0 Å². The molecule has 3 rings (SSSR count). The zero-order chi connectivity index (χ0) is 16.4.